The Labute approximate surface area is 148 Å². The smallest absolute Gasteiger partial charge is 0.255 e. The van der Waals surface area contributed by atoms with Gasteiger partial charge in [0.1, 0.15) is 0 Å². The number of nitrogens with zero attached hydrogens (tertiary/aromatic N) is 2. The second-order valence-corrected chi connectivity index (χ2v) is 6.10. The SMILES string of the molecule is O=C(c1ccccc1)N1CCN(C(=O)c2cc(F)c(F)cc2Cl)CC1. The average Bonchev–Trinajstić information content (AvgIpc) is 2.64. The van der Waals surface area contributed by atoms with Crippen molar-refractivity contribution in [2.45, 2.75) is 0 Å². The van der Waals surface area contributed by atoms with Crippen LogP contribution in [-0.4, -0.2) is 47.8 Å². The van der Waals surface area contributed by atoms with E-state index in [2.05, 4.69) is 0 Å². The van der Waals surface area contributed by atoms with Gasteiger partial charge in [-0.15, -0.1) is 0 Å². The van der Waals surface area contributed by atoms with Crippen LogP contribution in [0.25, 0.3) is 0 Å². The third-order valence-electron chi connectivity index (χ3n) is 4.12. The number of hydrogen-bond acceptors (Lipinski definition) is 2. The Bertz CT molecular complexity index is 806. The molecule has 0 unspecified atom stereocenters. The molecule has 7 heteroatoms. The molecule has 0 N–H and O–H groups in total. The Morgan fingerprint density at radius 2 is 1.36 bits per heavy atom. The molecular weight excluding hydrogens is 350 g/mol. The van der Waals surface area contributed by atoms with E-state index in [4.69, 9.17) is 11.6 Å². The number of halogens is 3. The van der Waals surface area contributed by atoms with Gasteiger partial charge in [-0.2, -0.15) is 0 Å². The van der Waals surface area contributed by atoms with Gasteiger partial charge in [0.15, 0.2) is 11.6 Å². The molecule has 0 aromatic heterocycles. The van der Waals surface area contributed by atoms with Crippen molar-refractivity contribution in [3.63, 3.8) is 0 Å². The lowest BCUT2D eigenvalue weighted by Gasteiger charge is -2.35. The number of piperazine rings is 1. The largest absolute Gasteiger partial charge is 0.335 e. The molecule has 2 aromatic rings. The first kappa shape index (κ1) is 17.4. The van der Waals surface area contributed by atoms with Crippen LogP contribution in [0.3, 0.4) is 0 Å². The second-order valence-electron chi connectivity index (χ2n) is 5.70. The summed E-state index contributed by atoms with van der Waals surface area (Å²) in [6.45, 7) is 1.32. The van der Waals surface area contributed by atoms with Crippen molar-refractivity contribution < 1.29 is 18.4 Å². The van der Waals surface area contributed by atoms with Crippen molar-refractivity contribution >= 4 is 23.4 Å². The summed E-state index contributed by atoms with van der Waals surface area (Å²) in [5.74, 6) is -2.79. The fourth-order valence-electron chi connectivity index (χ4n) is 2.73. The van der Waals surface area contributed by atoms with Gasteiger partial charge < -0.3 is 9.80 Å². The van der Waals surface area contributed by atoms with Crippen LogP contribution in [0.5, 0.6) is 0 Å². The van der Waals surface area contributed by atoms with E-state index in [9.17, 15) is 18.4 Å². The summed E-state index contributed by atoms with van der Waals surface area (Å²) in [4.78, 5) is 28.0. The number of carbonyl (C=O) groups excluding carboxylic acids is 2. The summed E-state index contributed by atoms with van der Waals surface area (Å²) in [5, 5.41) is -0.133. The highest BCUT2D eigenvalue weighted by atomic mass is 35.5. The first-order valence-corrected chi connectivity index (χ1v) is 8.13. The minimum absolute atomic E-state index is 0.0802. The molecule has 0 atom stereocenters. The zero-order valence-corrected chi connectivity index (χ0v) is 14.0. The van der Waals surface area contributed by atoms with E-state index < -0.39 is 17.5 Å². The molecule has 3 rings (SSSR count). The van der Waals surface area contributed by atoms with Gasteiger partial charge in [-0.3, -0.25) is 9.59 Å². The van der Waals surface area contributed by atoms with Crippen LogP contribution in [0.4, 0.5) is 8.78 Å². The lowest BCUT2D eigenvalue weighted by molar-refractivity contribution is 0.0535. The Balaban J connectivity index is 1.67. The van der Waals surface area contributed by atoms with Crippen molar-refractivity contribution in [2.24, 2.45) is 0 Å². The highest BCUT2D eigenvalue weighted by Crippen LogP contribution is 2.22. The highest BCUT2D eigenvalue weighted by molar-refractivity contribution is 6.33. The van der Waals surface area contributed by atoms with Gasteiger partial charge in [-0.1, -0.05) is 29.8 Å². The van der Waals surface area contributed by atoms with Crippen molar-refractivity contribution in [3.8, 4) is 0 Å². The first-order valence-electron chi connectivity index (χ1n) is 7.75. The molecule has 25 heavy (non-hydrogen) atoms. The second kappa shape index (κ2) is 7.19. The summed E-state index contributed by atoms with van der Waals surface area (Å²) >= 11 is 5.86. The van der Waals surface area contributed by atoms with Crippen LogP contribution in [0.2, 0.25) is 5.02 Å². The molecule has 2 aromatic carbocycles. The monoisotopic (exact) mass is 364 g/mol. The molecule has 2 amide bonds. The van der Waals surface area contributed by atoms with Gasteiger partial charge in [0.2, 0.25) is 0 Å². The third-order valence-corrected chi connectivity index (χ3v) is 4.43. The van der Waals surface area contributed by atoms with Gasteiger partial charge in [0.05, 0.1) is 10.6 Å². The molecule has 1 saturated heterocycles. The molecule has 130 valence electrons. The molecular formula is C18H15ClF2N2O2. The molecule has 4 nitrogen and oxygen atoms in total. The fraction of sp³-hybridized carbons (Fsp3) is 0.222. The van der Waals surface area contributed by atoms with Crippen LogP contribution in [0.15, 0.2) is 42.5 Å². The predicted octanol–water partition coefficient (Wildman–Crippen LogP) is 3.22. The quantitative estimate of drug-likeness (QED) is 0.768. The minimum atomic E-state index is -1.12. The van der Waals surface area contributed by atoms with E-state index >= 15 is 0 Å². The molecule has 0 aliphatic carbocycles. The summed E-state index contributed by atoms with van der Waals surface area (Å²) in [6, 6.07) is 10.5. The van der Waals surface area contributed by atoms with Crippen LogP contribution < -0.4 is 0 Å². The van der Waals surface area contributed by atoms with Crippen LogP contribution in [0, 0.1) is 11.6 Å². The number of amides is 2. The molecule has 1 aliphatic rings. The first-order chi connectivity index (χ1) is 12.0. The maximum Gasteiger partial charge on any atom is 0.255 e. The maximum atomic E-state index is 13.4. The molecule has 0 saturated carbocycles. The normalized spacial score (nSPS) is 14.5. The van der Waals surface area contributed by atoms with Crippen molar-refractivity contribution in [1.82, 2.24) is 9.80 Å². The van der Waals surface area contributed by atoms with E-state index in [1.54, 1.807) is 29.2 Å². The van der Waals surface area contributed by atoms with Crippen molar-refractivity contribution in [1.29, 1.82) is 0 Å². The molecule has 1 heterocycles. The Morgan fingerprint density at radius 1 is 0.840 bits per heavy atom. The van der Waals surface area contributed by atoms with Gasteiger partial charge in [-0.25, -0.2) is 8.78 Å². The summed E-state index contributed by atoms with van der Waals surface area (Å²) in [5.41, 5.74) is 0.509. The Kier molecular flexibility index (Phi) is 4.99. The standard InChI is InChI=1S/C18H15ClF2N2O2/c19-14-11-16(21)15(20)10-13(14)18(25)23-8-6-22(7-9-23)17(24)12-4-2-1-3-5-12/h1-5,10-11H,6-9H2. The average molecular weight is 365 g/mol. The van der Waals surface area contributed by atoms with Crippen LogP contribution in [-0.2, 0) is 0 Å². The molecule has 1 fully saturated rings. The van der Waals surface area contributed by atoms with E-state index in [0.29, 0.717) is 31.7 Å². The third kappa shape index (κ3) is 3.64. The summed E-state index contributed by atoms with van der Waals surface area (Å²) in [7, 11) is 0. The zero-order chi connectivity index (χ0) is 18.0. The van der Waals surface area contributed by atoms with Crippen molar-refractivity contribution in [3.05, 3.63) is 70.2 Å². The van der Waals surface area contributed by atoms with Gasteiger partial charge >= 0.3 is 0 Å². The number of rotatable bonds is 2. The van der Waals surface area contributed by atoms with E-state index in [1.165, 1.54) is 4.90 Å². The zero-order valence-electron chi connectivity index (χ0n) is 13.2. The maximum absolute atomic E-state index is 13.4. The van der Waals surface area contributed by atoms with E-state index in [-0.39, 0.29) is 16.5 Å². The van der Waals surface area contributed by atoms with Gasteiger partial charge in [0.25, 0.3) is 11.8 Å². The van der Waals surface area contributed by atoms with Crippen molar-refractivity contribution in [2.75, 3.05) is 26.2 Å². The summed E-state index contributed by atoms with van der Waals surface area (Å²) in [6.07, 6.45) is 0. The van der Waals surface area contributed by atoms with Crippen LogP contribution >= 0.6 is 11.6 Å². The molecule has 1 aliphatic heterocycles. The Hall–Kier alpha value is -2.47. The van der Waals surface area contributed by atoms with E-state index in [0.717, 1.165) is 12.1 Å². The number of benzene rings is 2. The highest BCUT2D eigenvalue weighted by Gasteiger charge is 2.27. The molecule has 0 bridgehead atoms. The topological polar surface area (TPSA) is 40.6 Å². The lowest BCUT2D eigenvalue weighted by atomic mass is 10.1. The predicted molar refractivity (Wildman–Crippen MR) is 89.6 cm³/mol. The molecule has 0 spiro atoms. The number of carbonyl (C=O) groups is 2. The number of hydrogen-bond donors (Lipinski definition) is 0. The van der Waals surface area contributed by atoms with E-state index in [1.807, 2.05) is 6.07 Å². The van der Waals surface area contributed by atoms with Crippen LogP contribution in [0.1, 0.15) is 20.7 Å². The Morgan fingerprint density at radius 3 is 1.96 bits per heavy atom. The lowest BCUT2D eigenvalue weighted by Crippen LogP contribution is -2.50. The molecule has 0 radical (unpaired) electrons. The fourth-order valence-corrected chi connectivity index (χ4v) is 2.96. The van der Waals surface area contributed by atoms with Gasteiger partial charge in [0, 0.05) is 31.7 Å². The van der Waals surface area contributed by atoms with Gasteiger partial charge in [-0.05, 0) is 24.3 Å². The summed E-state index contributed by atoms with van der Waals surface area (Å²) < 4.78 is 26.5. The minimum Gasteiger partial charge on any atom is -0.335 e.